The van der Waals surface area contributed by atoms with E-state index in [-0.39, 0.29) is 25.1 Å². The van der Waals surface area contributed by atoms with Crippen molar-refractivity contribution < 1.29 is 23.8 Å². The van der Waals surface area contributed by atoms with Gasteiger partial charge < -0.3 is 19.5 Å². The minimum absolute atomic E-state index is 0.0926. The van der Waals surface area contributed by atoms with E-state index in [1.54, 1.807) is 0 Å². The molecule has 0 saturated heterocycles. The van der Waals surface area contributed by atoms with Gasteiger partial charge in [-0.3, -0.25) is 9.59 Å². The molecule has 1 N–H and O–H groups in total. The molecule has 0 unspecified atom stereocenters. The third-order valence-electron chi connectivity index (χ3n) is 4.49. The van der Waals surface area contributed by atoms with Gasteiger partial charge >= 0.3 is 5.97 Å². The lowest BCUT2D eigenvalue weighted by molar-refractivity contribution is -0.141. The molecule has 6 heteroatoms. The Labute approximate surface area is 158 Å². The fraction of sp³-hybridized carbons (Fsp3) is 0.333. The lowest BCUT2D eigenvalue weighted by atomic mass is 10.0. The Kier molecular flexibility index (Phi) is 5.96. The number of fused-ring (bicyclic) bond motifs is 1. The van der Waals surface area contributed by atoms with Crippen molar-refractivity contribution in [1.29, 1.82) is 0 Å². The van der Waals surface area contributed by atoms with E-state index in [0.29, 0.717) is 18.6 Å². The molecule has 0 spiro atoms. The molecule has 3 rings (SSSR count). The number of methoxy groups -OCH3 is 1. The normalized spacial score (nSPS) is 13.1. The number of carbonyl (C=O) groups excluding carboxylic acids is 2. The molecule has 1 heterocycles. The first-order valence-electron chi connectivity index (χ1n) is 8.86. The van der Waals surface area contributed by atoms with Gasteiger partial charge in [0, 0.05) is 6.42 Å². The quantitative estimate of drug-likeness (QED) is 0.759. The number of ether oxygens (including phenoxy) is 3. The average Bonchev–Trinajstić information content (AvgIpc) is 3.14. The van der Waals surface area contributed by atoms with Crippen LogP contribution >= 0.6 is 0 Å². The molecule has 27 heavy (non-hydrogen) atoms. The molecule has 1 aliphatic rings. The summed E-state index contributed by atoms with van der Waals surface area (Å²) in [6.45, 7) is 2.22. The maximum atomic E-state index is 12.5. The second-order valence-corrected chi connectivity index (χ2v) is 6.50. The van der Waals surface area contributed by atoms with Crippen molar-refractivity contribution in [2.24, 2.45) is 0 Å². The first kappa shape index (κ1) is 18.8. The van der Waals surface area contributed by atoms with E-state index in [2.05, 4.69) is 5.32 Å². The zero-order valence-corrected chi connectivity index (χ0v) is 15.5. The summed E-state index contributed by atoms with van der Waals surface area (Å²) in [4.78, 5) is 24.2. The van der Waals surface area contributed by atoms with Crippen molar-refractivity contribution in [3.63, 3.8) is 0 Å². The zero-order valence-electron chi connectivity index (χ0n) is 15.5. The number of amides is 1. The van der Waals surface area contributed by atoms with E-state index < -0.39 is 6.04 Å². The van der Waals surface area contributed by atoms with Crippen LogP contribution in [0.2, 0.25) is 0 Å². The SMILES string of the molecule is COC(=O)C[C@H](NC(=O)CCc1ccc2c(c1)OCO2)c1ccc(C)cc1. The lowest BCUT2D eigenvalue weighted by Gasteiger charge is -2.18. The molecule has 0 aromatic heterocycles. The summed E-state index contributed by atoms with van der Waals surface area (Å²) in [5.41, 5.74) is 2.99. The minimum atomic E-state index is -0.415. The minimum Gasteiger partial charge on any atom is -0.469 e. The number of hydrogen-bond donors (Lipinski definition) is 1. The molecule has 0 saturated carbocycles. The average molecular weight is 369 g/mol. The summed E-state index contributed by atoms with van der Waals surface area (Å²) >= 11 is 0. The molecule has 1 amide bonds. The van der Waals surface area contributed by atoms with Crippen LogP contribution in [0.4, 0.5) is 0 Å². The van der Waals surface area contributed by atoms with Gasteiger partial charge in [-0.2, -0.15) is 0 Å². The van der Waals surface area contributed by atoms with Gasteiger partial charge in [0.2, 0.25) is 12.7 Å². The van der Waals surface area contributed by atoms with Crippen molar-refractivity contribution >= 4 is 11.9 Å². The summed E-state index contributed by atoms with van der Waals surface area (Å²) in [5.74, 6) is 0.940. The second kappa shape index (κ2) is 8.58. The van der Waals surface area contributed by atoms with Crippen molar-refractivity contribution in [3.8, 4) is 11.5 Å². The molecule has 1 aliphatic heterocycles. The Morgan fingerprint density at radius 3 is 2.59 bits per heavy atom. The third kappa shape index (κ3) is 5.00. The van der Waals surface area contributed by atoms with E-state index in [1.807, 2.05) is 49.4 Å². The number of nitrogens with one attached hydrogen (secondary N) is 1. The smallest absolute Gasteiger partial charge is 0.307 e. The highest BCUT2D eigenvalue weighted by molar-refractivity contribution is 5.78. The van der Waals surface area contributed by atoms with Crippen LogP contribution in [-0.2, 0) is 20.7 Å². The number of esters is 1. The van der Waals surface area contributed by atoms with Crippen LogP contribution in [0.3, 0.4) is 0 Å². The highest BCUT2D eigenvalue weighted by Crippen LogP contribution is 2.32. The van der Waals surface area contributed by atoms with Crippen LogP contribution in [-0.4, -0.2) is 25.8 Å². The Morgan fingerprint density at radius 1 is 1.11 bits per heavy atom. The number of hydrogen-bond acceptors (Lipinski definition) is 5. The predicted octanol–water partition coefficient (Wildman–Crippen LogP) is 3.08. The van der Waals surface area contributed by atoms with E-state index in [9.17, 15) is 9.59 Å². The predicted molar refractivity (Wildman–Crippen MR) is 99.6 cm³/mol. The summed E-state index contributed by atoms with van der Waals surface area (Å²) in [6.07, 6.45) is 0.972. The van der Waals surface area contributed by atoms with Gasteiger partial charge in [0.25, 0.3) is 0 Å². The van der Waals surface area contributed by atoms with E-state index in [4.69, 9.17) is 14.2 Å². The summed E-state index contributed by atoms with van der Waals surface area (Å²) < 4.78 is 15.4. The zero-order chi connectivity index (χ0) is 19.2. The lowest BCUT2D eigenvalue weighted by Crippen LogP contribution is -2.30. The number of rotatable bonds is 7. The van der Waals surface area contributed by atoms with E-state index in [1.165, 1.54) is 7.11 Å². The Bertz CT molecular complexity index is 816. The third-order valence-corrected chi connectivity index (χ3v) is 4.49. The van der Waals surface area contributed by atoms with Crippen LogP contribution in [0.15, 0.2) is 42.5 Å². The van der Waals surface area contributed by atoms with Gasteiger partial charge in [-0.05, 0) is 36.6 Å². The van der Waals surface area contributed by atoms with Crippen molar-refractivity contribution in [2.45, 2.75) is 32.2 Å². The number of carbonyl (C=O) groups is 2. The van der Waals surface area contributed by atoms with Crippen LogP contribution in [0.5, 0.6) is 11.5 Å². The monoisotopic (exact) mass is 369 g/mol. The van der Waals surface area contributed by atoms with Gasteiger partial charge in [0.15, 0.2) is 11.5 Å². The molecule has 2 aromatic rings. The summed E-state index contributed by atoms with van der Waals surface area (Å²) in [6, 6.07) is 13.0. The van der Waals surface area contributed by atoms with Gasteiger partial charge in [0.05, 0.1) is 19.6 Å². The molecule has 1 atom stereocenters. The fourth-order valence-corrected chi connectivity index (χ4v) is 2.92. The standard InChI is InChI=1S/C21H23NO5/c1-14-3-7-16(8-4-14)17(12-21(24)25-2)22-20(23)10-6-15-5-9-18-19(11-15)27-13-26-18/h3-5,7-9,11,17H,6,10,12-13H2,1-2H3,(H,22,23)/t17-/m0/s1. The summed E-state index contributed by atoms with van der Waals surface area (Å²) in [7, 11) is 1.34. The van der Waals surface area contributed by atoms with Crippen molar-refractivity contribution in [1.82, 2.24) is 5.32 Å². The molecular formula is C21H23NO5. The molecule has 0 aliphatic carbocycles. The maximum absolute atomic E-state index is 12.5. The molecule has 6 nitrogen and oxygen atoms in total. The van der Waals surface area contributed by atoms with Crippen molar-refractivity contribution in [2.75, 3.05) is 13.9 Å². The van der Waals surface area contributed by atoms with Crippen molar-refractivity contribution in [3.05, 3.63) is 59.2 Å². The van der Waals surface area contributed by atoms with Gasteiger partial charge in [0.1, 0.15) is 0 Å². The number of benzene rings is 2. The Hall–Kier alpha value is -3.02. The molecule has 0 fully saturated rings. The highest BCUT2D eigenvalue weighted by atomic mass is 16.7. The van der Waals surface area contributed by atoms with Gasteiger partial charge in [-0.25, -0.2) is 0 Å². The summed E-state index contributed by atoms with van der Waals surface area (Å²) in [5, 5.41) is 2.94. The largest absolute Gasteiger partial charge is 0.469 e. The van der Waals surface area contributed by atoms with Crippen LogP contribution in [0, 0.1) is 6.92 Å². The molecule has 0 bridgehead atoms. The Balaban J connectivity index is 1.61. The molecule has 0 radical (unpaired) electrons. The maximum Gasteiger partial charge on any atom is 0.307 e. The second-order valence-electron chi connectivity index (χ2n) is 6.50. The van der Waals surface area contributed by atoms with Gasteiger partial charge in [-0.15, -0.1) is 0 Å². The van der Waals surface area contributed by atoms with Gasteiger partial charge in [-0.1, -0.05) is 35.9 Å². The highest BCUT2D eigenvalue weighted by Gasteiger charge is 2.19. The molecule has 142 valence electrons. The van der Waals surface area contributed by atoms with Crippen LogP contribution in [0.1, 0.15) is 35.6 Å². The first-order valence-corrected chi connectivity index (χ1v) is 8.86. The molecular weight excluding hydrogens is 346 g/mol. The first-order chi connectivity index (χ1) is 13.0. The van der Waals surface area contributed by atoms with E-state index in [0.717, 1.165) is 22.4 Å². The van der Waals surface area contributed by atoms with Crippen LogP contribution in [0.25, 0.3) is 0 Å². The number of aryl methyl sites for hydroxylation is 2. The Morgan fingerprint density at radius 2 is 1.85 bits per heavy atom. The fourth-order valence-electron chi connectivity index (χ4n) is 2.92. The topological polar surface area (TPSA) is 73.9 Å². The molecule has 2 aromatic carbocycles. The van der Waals surface area contributed by atoms with E-state index >= 15 is 0 Å². The van der Waals surface area contributed by atoms with Crippen LogP contribution < -0.4 is 14.8 Å².